The minimum atomic E-state index is -0.771. The van der Waals surface area contributed by atoms with Gasteiger partial charge in [0, 0.05) is 11.1 Å². The number of fused-ring (bicyclic) bond motifs is 10. The first-order valence-electron chi connectivity index (χ1n) is 19.8. The first kappa shape index (κ1) is 32.5. The number of nitrogens with zero attached hydrogens (tertiary/aromatic N) is 3. The van der Waals surface area contributed by atoms with Crippen LogP contribution in [-0.2, 0) is 5.41 Å². The zero-order valence-corrected chi connectivity index (χ0v) is 31.5. The lowest BCUT2D eigenvalue weighted by molar-refractivity contribution is 0.702. The molecule has 0 amide bonds. The summed E-state index contributed by atoms with van der Waals surface area (Å²) in [5.74, 6) is 0. The molecule has 12 rings (SSSR count). The minimum Gasteiger partial charge on any atom is -0.310 e. The molecule has 2 aliphatic rings. The molecule has 0 fully saturated rings. The summed E-state index contributed by atoms with van der Waals surface area (Å²) in [6.45, 7) is 0. The van der Waals surface area contributed by atoms with Crippen molar-refractivity contribution in [3.8, 4) is 39.2 Å². The van der Waals surface area contributed by atoms with Gasteiger partial charge in [0.05, 0.1) is 39.2 Å². The average molecular weight is 742 g/mol. The Kier molecular flexibility index (Phi) is 6.96. The molecule has 0 radical (unpaired) electrons. The Balaban J connectivity index is 1.20. The third-order valence-corrected chi connectivity index (χ3v) is 12.4. The van der Waals surface area contributed by atoms with Crippen LogP contribution >= 0.6 is 0 Å². The van der Waals surface area contributed by atoms with Gasteiger partial charge in [-0.1, -0.05) is 164 Å². The minimum absolute atomic E-state index is 0.0800. The molecular weight excluding hydrogens is 707 g/mol. The van der Waals surface area contributed by atoms with Gasteiger partial charge in [-0.2, -0.15) is 0 Å². The molecule has 8 aromatic carbocycles. The molecule has 0 bridgehead atoms. The maximum atomic E-state index is 15.3. The van der Waals surface area contributed by atoms with Crippen molar-refractivity contribution in [3.05, 3.63) is 245 Å². The molecule has 2 aromatic heterocycles. The van der Waals surface area contributed by atoms with Gasteiger partial charge in [-0.15, -0.1) is 0 Å². The molecule has 58 heavy (non-hydrogen) atoms. The topological polar surface area (TPSA) is 29.6 Å². The van der Waals surface area contributed by atoms with Crippen molar-refractivity contribution in [3.63, 3.8) is 0 Å². The molecule has 4 heteroatoms. The van der Waals surface area contributed by atoms with Crippen molar-refractivity contribution in [1.29, 1.82) is 0 Å². The zero-order valence-electron chi connectivity index (χ0n) is 31.5. The number of hydrogen-bond acceptors (Lipinski definition) is 2. The smallest absolute Gasteiger partial charge is 0.310 e. The highest BCUT2D eigenvalue weighted by Crippen LogP contribution is 2.61. The van der Waals surface area contributed by atoms with E-state index in [9.17, 15) is 0 Å². The van der Waals surface area contributed by atoms with Gasteiger partial charge in [0.25, 0.3) is 0 Å². The number of hydrogen-bond donors (Lipinski definition) is 0. The van der Waals surface area contributed by atoms with Gasteiger partial charge in [0.1, 0.15) is 0 Å². The van der Waals surface area contributed by atoms with Crippen molar-refractivity contribution in [2.45, 2.75) is 5.41 Å². The maximum Gasteiger partial charge on any atom is 0.338 e. The Hall–Kier alpha value is -7.69. The average Bonchev–Trinajstić information content (AvgIpc) is 3.76. The van der Waals surface area contributed by atoms with Gasteiger partial charge in [-0.25, -0.2) is 4.79 Å². The fourth-order valence-electron chi connectivity index (χ4n) is 9.93. The van der Waals surface area contributed by atoms with E-state index in [0.29, 0.717) is 0 Å². The summed E-state index contributed by atoms with van der Waals surface area (Å²) >= 11 is 0. The molecule has 4 nitrogen and oxygen atoms in total. The van der Waals surface area contributed by atoms with Gasteiger partial charge in [-0.05, 0) is 98.6 Å². The summed E-state index contributed by atoms with van der Waals surface area (Å²) in [7, 11) is 0. The quantitative estimate of drug-likeness (QED) is 0.180. The second-order valence-corrected chi connectivity index (χ2v) is 15.3. The molecule has 0 N–H and O–H groups in total. The van der Waals surface area contributed by atoms with Crippen LogP contribution in [0.3, 0.4) is 0 Å². The van der Waals surface area contributed by atoms with Crippen LogP contribution in [0.5, 0.6) is 0 Å². The van der Waals surface area contributed by atoms with E-state index in [0.717, 1.165) is 72.7 Å². The van der Waals surface area contributed by atoms with Crippen LogP contribution in [-0.4, -0.2) is 8.97 Å². The molecule has 2 aliphatic heterocycles. The van der Waals surface area contributed by atoms with Gasteiger partial charge in [-0.3, -0.25) is 8.97 Å². The largest absolute Gasteiger partial charge is 0.338 e. The number of rotatable bonds is 4. The monoisotopic (exact) mass is 741 g/mol. The van der Waals surface area contributed by atoms with E-state index in [2.05, 4.69) is 199 Å². The third kappa shape index (κ3) is 4.43. The molecule has 4 heterocycles. The van der Waals surface area contributed by atoms with E-state index >= 15 is 4.79 Å². The van der Waals surface area contributed by atoms with Gasteiger partial charge >= 0.3 is 5.69 Å². The number of para-hydroxylation sites is 3. The second kappa shape index (κ2) is 12.4. The van der Waals surface area contributed by atoms with E-state index in [-0.39, 0.29) is 5.69 Å². The van der Waals surface area contributed by atoms with Gasteiger partial charge in [0.2, 0.25) is 0 Å². The van der Waals surface area contributed by atoms with Crippen molar-refractivity contribution in [2.75, 3.05) is 4.90 Å². The fourth-order valence-corrected chi connectivity index (χ4v) is 9.93. The molecule has 1 spiro atoms. The molecular formula is C54H35N3O. The van der Waals surface area contributed by atoms with E-state index in [1.807, 2.05) is 27.2 Å². The molecule has 0 aliphatic carbocycles. The highest BCUT2D eigenvalue weighted by atomic mass is 16.1. The van der Waals surface area contributed by atoms with E-state index in [1.54, 1.807) is 0 Å². The highest BCUT2D eigenvalue weighted by Gasteiger charge is 2.51. The summed E-state index contributed by atoms with van der Waals surface area (Å²) in [4.78, 5) is 17.7. The lowest BCUT2D eigenvalue weighted by atomic mass is 9.60. The van der Waals surface area contributed by atoms with Crippen LogP contribution in [0.4, 0.5) is 17.1 Å². The van der Waals surface area contributed by atoms with Crippen LogP contribution in [0, 0.1) is 0 Å². The first-order chi connectivity index (χ1) is 28.7. The van der Waals surface area contributed by atoms with Crippen molar-refractivity contribution < 1.29 is 0 Å². The van der Waals surface area contributed by atoms with E-state index < -0.39 is 5.41 Å². The summed E-state index contributed by atoms with van der Waals surface area (Å²) in [5, 5.41) is 1.03. The van der Waals surface area contributed by atoms with Crippen LogP contribution in [0.25, 0.3) is 55.6 Å². The normalized spacial score (nSPS) is 15.0. The van der Waals surface area contributed by atoms with E-state index in [1.165, 1.54) is 22.3 Å². The molecule has 1 unspecified atom stereocenters. The van der Waals surface area contributed by atoms with Crippen molar-refractivity contribution in [1.82, 2.24) is 8.97 Å². The molecule has 1 atom stereocenters. The number of anilines is 3. The zero-order chi connectivity index (χ0) is 38.4. The summed E-state index contributed by atoms with van der Waals surface area (Å²) in [5.41, 5.74) is 16.2. The number of benzene rings is 8. The fraction of sp³-hybridized carbons (Fsp3) is 0.0185. The van der Waals surface area contributed by atoms with E-state index in [4.69, 9.17) is 0 Å². The van der Waals surface area contributed by atoms with Crippen LogP contribution in [0.1, 0.15) is 22.3 Å². The van der Waals surface area contributed by atoms with Crippen LogP contribution in [0.15, 0.2) is 217 Å². The highest BCUT2D eigenvalue weighted by molar-refractivity contribution is 6.03. The Morgan fingerprint density at radius 3 is 1.62 bits per heavy atom. The lowest BCUT2D eigenvalue weighted by Crippen LogP contribution is -2.43. The predicted octanol–water partition coefficient (Wildman–Crippen LogP) is 12.7. The lowest BCUT2D eigenvalue weighted by Gasteiger charge is -2.49. The Morgan fingerprint density at radius 1 is 0.379 bits per heavy atom. The van der Waals surface area contributed by atoms with Crippen molar-refractivity contribution in [2.24, 2.45) is 0 Å². The Morgan fingerprint density at radius 2 is 0.914 bits per heavy atom. The summed E-state index contributed by atoms with van der Waals surface area (Å²) in [6, 6.07) is 75.5. The number of aromatic nitrogens is 2. The standard InChI is InChI=1S/C54H35N3O/c58-53-56-47(39-19-8-3-9-20-39)33-34-48(56)42-21-14-24-45-52(42)57(53)50-26-13-11-23-44(50)54(45)43-22-10-12-25-49(43)55(41-30-27-38(28-31-41)36-15-4-1-5-16-36)51-32-29-40(35-46(51)54)37-17-6-2-7-18-37/h1-35H. The predicted molar refractivity (Wildman–Crippen MR) is 237 cm³/mol. The molecule has 272 valence electrons. The SMILES string of the molecule is O=c1n2c3c(cccc3c3ccc(-c4ccccc4)n13)C1(c3ccccc3N(c3ccc(-c4ccccc4)cc3)c3ccc(-c4ccccc4)cc31)c1ccccc1-2. The van der Waals surface area contributed by atoms with Crippen molar-refractivity contribution >= 4 is 33.5 Å². The first-order valence-corrected chi connectivity index (χ1v) is 19.8. The van der Waals surface area contributed by atoms with Gasteiger partial charge in [0.15, 0.2) is 0 Å². The van der Waals surface area contributed by atoms with Gasteiger partial charge < -0.3 is 4.90 Å². The molecule has 10 aromatic rings. The van der Waals surface area contributed by atoms with Crippen LogP contribution in [0.2, 0.25) is 0 Å². The second-order valence-electron chi connectivity index (χ2n) is 15.3. The maximum absolute atomic E-state index is 15.3. The van der Waals surface area contributed by atoms with Crippen LogP contribution < -0.4 is 10.6 Å². The Labute approximate surface area is 335 Å². The Bertz CT molecular complexity index is 3290. The summed E-state index contributed by atoms with van der Waals surface area (Å²) < 4.78 is 3.87. The third-order valence-electron chi connectivity index (χ3n) is 12.4. The summed E-state index contributed by atoms with van der Waals surface area (Å²) in [6.07, 6.45) is 0. The molecule has 0 saturated heterocycles. The molecule has 0 saturated carbocycles.